The molecule has 2 heterocycles. The molecule has 1 aromatic heterocycles. The van der Waals surface area contributed by atoms with E-state index in [-0.39, 0.29) is 30.0 Å². The molecule has 8 nitrogen and oxygen atoms in total. The van der Waals surface area contributed by atoms with Gasteiger partial charge < -0.3 is 19.9 Å². The molecule has 0 aliphatic carbocycles. The molecular formula is C21H29N5O3. The van der Waals surface area contributed by atoms with Crippen molar-refractivity contribution in [3.63, 3.8) is 0 Å². The molecule has 1 saturated heterocycles. The van der Waals surface area contributed by atoms with Gasteiger partial charge in [0.1, 0.15) is 11.4 Å². The van der Waals surface area contributed by atoms with Crippen molar-refractivity contribution in [2.75, 3.05) is 32.8 Å². The highest BCUT2D eigenvalue weighted by molar-refractivity contribution is 5.76. The summed E-state index contributed by atoms with van der Waals surface area (Å²) in [6, 6.07) is 7.32. The summed E-state index contributed by atoms with van der Waals surface area (Å²) in [4.78, 5) is 29.5. The van der Waals surface area contributed by atoms with E-state index in [2.05, 4.69) is 25.4 Å². The van der Waals surface area contributed by atoms with Gasteiger partial charge in [0, 0.05) is 31.5 Å². The summed E-state index contributed by atoms with van der Waals surface area (Å²) in [5, 5.41) is 11.1. The van der Waals surface area contributed by atoms with Crippen LogP contribution in [0.1, 0.15) is 38.3 Å². The lowest BCUT2D eigenvalue weighted by molar-refractivity contribution is -0.121. The highest BCUT2D eigenvalue weighted by atomic mass is 16.5. The predicted molar refractivity (Wildman–Crippen MR) is 111 cm³/mol. The topological polar surface area (TPSA) is 100 Å². The van der Waals surface area contributed by atoms with Crippen LogP contribution in [0.4, 0.5) is 0 Å². The molecule has 0 atom stereocenters. The van der Waals surface area contributed by atoms with Gasteiger partial charge in [0.25, 0.3) is 5.56 Å². The van der Waals surface area contributed by atoms with Crippen LogP contribution in [0.25, 0.3) is 11.4 Å². The minimum Gasteiger partial charge on any atom is -0.494 e. The lowest BCUT2D eigenvalue weighted by Crippen LogP contribution is -2.37. The van der Waals surface area contributed by atoms with E-state index in [1.807, 2.05) is 25.1 Å². The average molecular weight is 399 g/mol. The molecule has 3 rings (SSSR count). The molecule has 8 heteroatoms. The smallest absolute Gasteiger partial charge is 0.273 e. The van der Waals surface area contributed by atoms with E-state index in [1.54, 1.807) is 6.07 Å². The summed E-state index contributed by atoms with van der Waals surface area (Å²) >= 11 is 0. The molecule has 1 amide bonds. The fraction of sp³-hybridized carbons (Fsp3) is 0.524. The van der Waals surface area contributed by atoms with Crippen LogP contribution in [0.5, 0.6) is 5.75 Å². The zero-order valence-electron chi connectivity index (χ0n) is 16.9. The van der Waals surface area contributed by atoms with Gasteiger partial charge in [-0.3, -0.25) is 9.59 Å². The van der Waals surface area contributed by atoms with Gasteiger partial charge in [-0.15, -0.1) is 10.2 Å². The highest BCUT2D eigenvalue weighted by Crippen LogP contribution is 2.19. The minimum atomic E-state index is -0.321. The van der Waals surface area contributed by atoms with Crippen LogP contribution >= 0.6 is 0 Å². The average Bonchev–Trinajstić information content (AvgIpc) is 2.74. The Morgan fingerprint density at radius 2 is 2.07 bits per heavy atom. The van der Waals surface area contributed by atoms with Crippen LogP contribution < -0.4 is 15.6 Å². The number of hydrogen-bond acceptors (Lipinski definition) is 6. The van der Waals surface area contributed by atoms with Crippen molar-refractivity contribution in [3.05, 3.63) is 40.3 Å². The third-order valence-corrected chi connectivity index (χ3v) is 4.97. The molecule has 1 aliphatic rings. The summed E-state index contributed by atoms with van der Waals surface area (Å²) in [6.45, 7) is 6.20. The lowest BCUT2D eigenvalue weighted by Gasteiger charge is -2.26. The van der Waals surface area contributed by atoms with Gasteiger partial charge in [0.15, 0.2) is 5.82 Å². The van der Waals surface area contributed by atoms with Gasteiger partial charge in [-0.1, -0.05) is 18.6 Å². The van der Waals surface area contributed by atoms with Gasteiger partial charge >= 0.3 is 0 Å². The Labute approximate surface area is 170 Å². The second-order valence-electron chi connectivity index (χ2n) is 7.16. The van der Waals surface area contributed by atoms with Crippen LogP contribution in [-0.2, 0) is 11.2 Å². The molecule has 2 aromatic rings. The first-order chi connectivity index (χ1) is 14.2. The maximum Gasteiger partial charge on any atom is 0.273 e. The molecule has 1 aliphatic heterocycles. The van der Waals surface area contributed by atoms with Gasteiger partial charge in [-0.2, -0.15) is 0 Å². The SMILES string of the molecule is CCOc1cccc(-c2nnc(CCC(=O)NCCN3CCCCC3)c(=O)[nH]2)c1. The van der Waals surface area contributed by atoms with E-state index in [1.165, 1.54) is 19.3 Å². The number of amides is 1. The summed E-state index contributed by atoms with van der Waals surface area (Å²) in [7, 11) is 0. The van der Waals surface area contributed by atoms with E-state index in [4.69, 9.17) is 4.74 Å². The Hall–Kier alpha value is -2.74. The predicted octanol–water partition coefficient (Wildman–Crippen LogP) is 1.77. The molecule has 0 saturated carbocycles. The maximum absolute atomic E-state index is 12.3. The van der Waals surface area contributed by atoms with E-state index in [0.717, 1.165) is 25.2 Å². The quantitative estimate of drug-likeness (QED) is 0.667. The number of benzene rings is 1. The molecule has 0 bridgehead atoms. The molecule has 156 valence electrons. The second kappa shape index (κ2) is 10.7. The normalized spacial score (nSPS) is 14.5. The number of aryl methyl sites for hydroxylation is 1. The Morgan fingerprint density at radius 1 is 1.24 bits per heavy atom. The van der Waals surface area contributed by atoms with Crippen molar-refractivity contribution in [1.82, 2.24) is 25.4 Å². The number of ether oxygens (including phenoxy) is 1. The first kappa shape index (κ1) is 21.0. The number of carbonyl (C=O) groups excluding carboxylic acids is 1. The van der Waals surface area contributed by atoms with E-state index >= 15 is 0 Å². The molecule has 2 N–H and O–H groups in total. The summed E-state index contributed by atoms with van der Waals surface area (Å²) in [5.41, 5.74) is 0.668. The fourth-order valence-electron chi connectivity index (χ4n) is 3.41. The number of carbonyl (C=O) groups is 1. The number of likely N-dealkylation sites (tertiary alicyclic amines) is 1. The molecule has 0 unspecified atom stereocenters. The van der Waals surface area contributed by atoms with Crippen molar-refractivity contribution < 1.29 is 9.53 Å². The number of hydrogen-bond donors (Lipinski definition) is 2. The number of nitrogens with zero attached hydrogens (tertiary/aromatic N) is 3. The van der Waals surface area contributed by atoms with E-state index in [9.17, 15) is 9.59 Å². The summed E-state index contributed by atoms with van der Waals surface area (Å²) in [6.07, 6.45) is 4.26. The molecule has 0 radical (unpaired) electrons. The van der Waals surface area contributed by atoms with Crippen LogP contribution in [0.2, 0.25) is 0 Å². The maximum atomic E-state index is 12.3. The van der Waals surface area contributed by atoms with Crippen molar-refractivity contribution in [3.8, 4) is 17.1 Å². The first-order valence-electron chi connectivity index (χ1n) is 10.3. The van der Waals surface area contributed by atoms with E-state index < -0.39 is 0 Å². The monoisotopic (exact) mass is 399 g/mol. The Bertz CT molecular complexity index is 861. The Balaban J connectivity index is 1.49. The Morgan fingerprint density at radius 3 is 2.83 bits per heavy atom. The first-order valence-corrected chi connectivity index (χ1v) is 10.3. The van der Waals surface area contributed by atoms with Crippen LogP contribution in [0.15, 0.2) is 29.1 Å². The van der Waals surface area contributed by atoms with Gasteiger partial charge in [0.05, 0.1) is 6.61 Å². The minimum absolute atomic E-state index is 0.0725. The molecule has 29 heavy (non-hydrogen) atoms. The van der Waals surface area contributed by atoms with E-state index in [0.29, 0.717) is 24.7 Å². The second-order valence-corrected chi connectivity index (χ2v) is 7.16. The van der Waals surface area contributed by atoms with Gasteiger partial charge in [0.2, 0.25) is 5.91 Å². The number of H-pyrrole nitrogens is 1. The lowest BCUT2D eigenvalue weighted by atomic mass is 10.1. The zero-order valence-corrected chi connectivity index (χ0v) is 16.9. The highest BCUT2D eigenvalue weighted by Gasteiger charge is 2.12. The number of piperidine rings is 1. The van der Waals surface area contributed by atoms with Crippen molar-refractivity contribution in [1.29, 1.82) is 0 Å². The molecular weight excluding hydrogens is 370 g/mol. The van der Waals surface area contributed by atoms with Crippen LogP contribution in [0, 0.1) is 0 Å². The van der Waals surface area contributed by atoms with Crippen LogP contribution in [-0.4, -0.2) is 58.8 Å². The van der Waals surface area contributed by atoms with Gasteiger partial charge in [-0.25, -0.2) is 0 Å². The standard InChI is InChI=1S/C21H29N5O3/c1-2-29-17-8-6-7-16(15-17)20-23-21(28)18(24-25-20)9-10-19(27)22-11-14-26-12-4-3-5-13-26/h6-8,15H,2-5,9-14H2,1H3,(H,22,27)(H,23,25,28). The number of rotatable bonds is 9. The van der Waals surface area contributed by atoms with Crippen molar-refractivity contribution in [2.45, 2.75) is 39.0 Å². The zero-order chi connectivity index (χ0) is 20.5. The summed E-state index contributed by atoms with van der Waals surface area (Å²) in [5.74, 6) is 1.01. The molecule has 0 spiro atoms. The fourth-order valence-corrected chi connectivity index (χ4v) is 3.41. The number of aromatic nitrogens is 3. The van der Waals surface area contributed by atoms with Crippen molar-refractivity contribution in [2.24, 2.45) is 0 Å². The summed E-state index contributed by atoms with van der Waals surface area (Å²) < 4.78 is 5.47. The number of aromatic amines is 1. The molecule has 1 fully saturated rings. The Kier molecular flexibility index (Phi) is 7.75. The number of nitrogens with one attached hydrogen (secondary N) is 2. The molecule has 1 aromatic carbocycles. The van der Waals surface area contributed by atoms with Crippen molar-refractivity contribution >= 4 is 5.91 Å². The third kappa shape index (κ3) is 6.39. The largest absolute Gasteiger partial charge is 0.494 e. The van der Waals surface area contributed by atoms with Gasteiger partial charge in [-0.05, 0) is 45.0 Å². The third-order valence-electron chi connectivity index (χ3n) is 4.97. The van der Waals surface area contributed by atoms with Crippen LogP contribution in [0.3, 0.4) is 0 Å².